The summed E-state index contributed by atoms with van der Waals surface area (Å²) in [5.41, 5.74) is -4.03. The van der Waals surface area contributed by atoms with Crippen LogP contribution < -0.4 is 0 Å². The lowest BCUT2D eigenvalue weighted by atomic mass is 10.1. The van der Waals surface area contributed by atoms with Crippen LogP contribution in [-0.2, 0) is 21.4 Å². The smallest absolute Gasteiger partial charge is 0.420 e. The molecule has 19 heavy (non-hydrogen) atoms. The van der Waals surface area contributed by atoms with Crippen LogP contribution in [0.1, 0.15) is 11.1 Å². The number of alkyl halides is 6. The van der Waals surface area contributed by atoms with E-state index in [0.717, 1.165) is 0 Å². The van der Waals surface area contributed by atoms with Crippen LogP contribution in [0.4, 0.5) is 26.3 Å². The summed E-state index contributed by atoms with van der Waals surface area (Å²) in [5.74, 6) is -1.88. The van der Waals surface area contributed by atoms with Gasteiger partial charge in [-0.25, -0.2) is 8.42 Å². The Labute approximate surface area is 106 Å². The van der Waals surface area contributed by atoms with Crippen molar-refractivity contribution in [3.05, 3.63) is 23.3 Å². The van der Waals surface area contributed by atoms with Gasteiger partial charge < -0.3 is 5.11 Å². The number of benzene rings is 1. The van der Waals surface area contributed by atoms with Crippen molar-refractivity contribution in [1.29, 1.82) is 0 Å². The topological polar surface area (TPSA) is 54.4 Å². The zero-order valence-electron chi connectivity index (χ0n) is 8.47. The number of phenolic OH excluding ortho intramolecular Hbond substituents is 1. The van der Waals surface area contributed by atoms with Crippen molar-refractivity contribution in [3.8, 4) is 5.75 Å². The minimum atomic E-state index is -5.37. The van der Waals surface area contributed by atoms with Crippen LogP contribution in [0.3, 0.4) is 0 Å². The third-order valence-corrected chi connectivity index (χ3v) is 3.31. The quantitative estimate of drug-likeness (QED) is 0.635. The molecule has 0 saturated carbocycles. The van der Waals surface area contributed by atoms with E-state index in [2.05, 4.69) is 10.7 Å². The lowest BCUT2D eigenvalue weighted by Crippen LogP contribution is -2.13. The zero-order chi connectivity index (χ0) is 15.2. The van der Waals surface area contributed by atoms with Crippen molar-refractivity contribution in [1.82, 2.24) is 0 Å². The fraction of sp³-hybridized carbons (Fsp3) is 0.250. The first-order chi connectivity index (χ1) is 8.24. The summed E-state index contributed by atoms with van der Waals surface area (Å²) in [6, 6.07) is -0.576. The molecule has 11 heteroatoms. The van der Waals surface area contributed by atoms with Crippen molar-refractivity contribution in [2.24, 2.45) is 0 Å². The van der Waals surface area contributed by atoms with E-state index in [1.54, 1.807) is 0 Å². The highest BCUT2D eigenvalue weighted by molar-refractivity contribution is 8.13. The molecule has 0 unspecified atom stereocenters. The molecule has 0 heterocycles. The van der Waals surface area contributed by atoms with Crippen LogP contribution in [0.2, 0.25) is 0 Å². The van der Waals surface area contributed by atoms with Crippen LogP contribution in [0.15, 0.2) is 17.0 Å². The first-order valence-corrected chi connectivity index (χ1v) is 6.51. The summed E-state index contributed by atoms with van der Waals surface area (Å²) < 4.78 is 96.1. The SMILES string of the molecule is O=S(=O)(Cl)c1cc(C(F)(F)F)cc(C(F)(F)F)c1O. The molecule has 0 spiro atoms. The van der Waals surface area contributed by atoms with Gasteiger partial charge in [-0.05, 0) is 12.1 Å². The highest BCUT2D eigenvalue weighted by Crippen LogP contribution is 2.43. The number of rotatable bonds is 1. The molecule has 0 saturated heterocycles. The second-order valence-electron chi connectivity index (χ2n) is 3.30. The minimum Gasteiger partial charge on any atom is -0.506 e. The van der Waals surface area contributed by atoms with E-state index >= 15 is 0 Å². The van der Waals surface area contributed by atoms with Crippen molar-refractivity contribution < 1.29 is 39.9 Å². The van der Waals surface area contributed by atoms with Crippen molar-refractivity contribution in [2.75, 3.05) is 0 Å². The highest BCUT2D eigenvalue weighted by atomic mass is 35.7. The van der Waals surface area contributed by atoms with Gasteiger partial charge in [-0.2, -0.15) is 26.3 Å². The number of hydrogen-bond donors (Lipinski definition) is 1. The minimum absolute atomic E-state index is 0.174. The molecular formula is C8H3ClF6O3S. The summed E-state index contributed by atoms with van der Waals surface area (Å²) in [4.78, 5) is -1.66. The Kier molecular flexibility index (Phi) is 3.72. The molecule has 1 aromatic rings. The van der Waals surface area contributed by atoms with E-state index in [1.165, 1.54) is 0 Å². The maximum Gasteiger partial charge on any atom is 0.420 e. The van der Waals surface area contributed by atoms with Crippen LogP contribution in [0.5, 0.6) is 5.75 Å². The number of halogens is 7. The van der Waals surface area contributed by atoms with Crippen LogP contribution in [-0.4, -0.2) is 13.5 Å². The average molecular weight is 329 g/mol. The van der Waals surface area contributed by atoms with Gasteiger partial charge >= 0.3 is 12.4 Å². The molecule has 0 fully saturated rings. The molecule has 1 aromatic carbocycles. The van der Waals surface area contributed by atoms with Gasteiger partial charge in [0.15, 0.2) is 0 Å². The van der Waals surface area contributed by atoms with Crippen LogP contribution >= 0.6 is 10.7 Å². The Morgan fingerprint density at radius 3 is 1.79 bits per heavy atom. The Morgan fingerprint density at radius 1 is 1.00 bits per heavy atom. The molecule has 0 atom stereocenters. The second kappa shape index (κ2) is 4.44. The van der Waals surface area contributed by atoms with Gasteiger partial charge in [-0.3, -0.25) is 0 Å². The van der Waals surface area contributed by atoms with Crippen molar-refractivity contribution in [3.63, 3.8) is 0 Å². The molecule has 0 aliphatic rings. The molecule has 1 N–H and O–H groups in total. The fourth-order valence-corrected chi connectivity index (χ4v) is 2.13. The predicted molar refractivity (Wildman–Crippen MR) is 51.1 cm³/mol. The van der Waals surface area contributed by atoms with Gasteiger partial charge in [0.1, 0.15) is 10.6 Å². The first kappa shape index (κ1) is 15.9. The zero-order valence-corrected chi connectivity index (χ0v) is 10.0. The van der Waals surface area contributed by atoms with Gasteiger partial charge in [0.2, 0.25) is 0 Å². The molecule has 0 radical (unpaired) electrons. The fourth-order valence-electron chi connectivity index (χ4n) is 1.17. The molecule has 0 bridgehead atoms. The van der Waals surface area contributed by atoms with Crippen molar-refractivity contribution in [2.45, 2.75) is 17.2 Å². The van der Waals surface area contributed by atoms with Crippen LogP contribution in [0, 0.1) is 0 Å². The lowest BCUT2D eigenvalue weighted by Gasteiger charge is -2.15. The predicted octanol–water partition coefficient (Wildman–Crippen LogP) is 3.36. The summed E-state index contributed by atoms with van der Waals surface area (Å²) in [6.45, 7) is 0. The van der Waals surface area contributed by atoms with Gasteiger partial charge in [-0.15, -0.1) is 0 Å². The summed E-state index contributed by atoms with van der Waals surface area (Å²) >= 11 is 0. The summed E-state index contributed by atoms with van der Waals surface area (Å²) in [5, 5.41) is 9.10. The summed E-state index contributed by atoms with van der Waals surface area (Å²) in [7, 11) is -0.291. The maximum absolute atomic E-state index is 12.4. The number of phenols is 1. The lowest BCUT2D eigenvalue weighted by molar-refractivity contribution is -0.144. The Hall–Kier alpha value is -1.16. The Morgan fingerprint density at radius 2 is 1.47 bits per heavy atom. The van der Waals surface area contributed by atoms with Crippen LogP contribution in [0.25, 0.3) is 0 Å². The molecule has 0 aliphatic carbocycles. The van der Waals surface area contributed by atoms with Gasteiger partial charge in [-0.1, -0.05) is 0 Å². The number of aromatic hydroxyl groups is 1. The maximum atomic E-state index is 12.4. The molecule has 0 aliphatic heterocycles. The van der Waals surface area contributed by atoms with Gasteiger partial charge in [0.25, 0.3) is 9.05 Å². The number of hydrogen-bond acceptors (Lipinski definition) is 3. The largest absolute Gasteiger partial charge is 0.506 e. The molecular weight excluding hydrogens is 326 g/mol. The monoisotopic (exact) mass is 328 g/mol. The Bertz CT molecular complexity index is 604. The third kappa shape index (κ3) is 3.44. The van der Waals surface area contributed by atoms with E-state index in [9.17, 15) is 34.8 Å². The van der Waals surface area contributed by atoms with E-state index < -0.39 is 49.2 Å². The first-order valence-electron chi connectivity index (χ1n) is 4.20. The highest BCUT2D eigenvalue weighted by Gasteiger charge is 2.41. The molecule has 108 valence electrons. The third-order valence-electron chi connectivity index (χ3n) is 1.97. The van der Waals surface area contributed by atoms with Crippen molar-refractivity contribution >= 4 is 19.7 Å². The molecule has 3 nitrogen and oxygen atoms in total. The molecule has 1 rings (SSSR count). The van der Waals surface area contributed by atoms with E-state index in [-0.39, 0.29) is 6.07 Å². The van der Waals surface area contributed by atoms with E-state index in [4.69, 9.17) is 5.11 Å². The summed E-state index contributed by atoms with van der Waals surface area (Å²) in [6.07, 6.45) is -10.6. The standard InChI is InChI=1S/C8H3ClF6O3S/c9-19(17,18)5-2-3(7(10,11)12)1-4(6(5)16)8(13,14)15/h1-2,16H. The van der Waals surface area contributed by atoms with E-state index in [1.807, 2.05) is 0 Å². The van der Waals surface area contributed by atoms with Gasteiger partial charge in [0, 0.05) is 10.7 Å². The van der Waals surface area contributed by atoms with Gasteiger partial charge in [0.05, 0.1) is 11.1 Å². The molecule has 0 amide bonds. The molecule has 0 aromatic heterocycles. The second-order valence-corrected chi connectivity index (χ2v) is 5.84. The Balaban J connectivity index is 3.78. The average Bonchev–Trinajstić information content (AvgIpc) is 2.11. The van der Waals surface area contributed by atoms with E-state index in [0.29, 0.717) is 0 Å². The normalized spacial score (nSPS) is 13.6.